The van der Waals surface area contributed by atoms with E-state index >= 15 is 0 Å². The third kappa shape index (κ3) is 3.80. The number of halogens is 8. The fourth-order valence-corrected chi connectivity index (χ4v) is 12.2. The van der Waals surface area contributed by atoms with Crippen LogP contribution in [0.3, 0.4) is 0 Å². The molecule has 1 unspecified atom stereocenters. The molecule has 4 aliphatic rings. The largest absolute Gasteiger partial charge is 0.348 e. The predicted octanol–water partition coefficient (Wildman–Crippen LogP) is 5.09. The van der Waals surface area contributed by atoms with E-state index in [0.717, 1.165) is 0 Å². The lowest BCUT2D eigenvalue weighted by Crippen LogP contribution is -2.45. The first-order chi connectivity index (χ1) is 13.7. The molecule has 30 heavy (non-hydrogen) atoms. The number of hydrogen-bond donors (Lipinski definition) is 1. The van der Waals surface area contributed by atoms with Crippen LogP contribution in [0.4, 0.5) is 35.1 Å². The van der Waals surface area contributed by atoms with Crippen LogP contribution in [0, 0.1) is 0 Å². The van der Waals surface area contributed by atoms with Gasteiger partial charge in [-0.1, -0.05) is 0 Å². The third-order valence-electron chi connectivity index (χ3n) is 4.11. The molecule has 0 aliphatic carbocycles. The van der Waals surface area contributed by atoms with Crippen molar-refractivity contribution in [3.05, 3.63) is 0 Å². The van der Waals surface area contributed by atoms with Gasteiger partial charge in [-0.05, 0) is 0 Å². The Morgan fingerprint density at radius 3 is 1.33 bits per heavy atom. The van der Waals surface area contributed by atoms with Crippen LogP contribution >= 0.6 is 22.9 Å². The van der Waals surface area contributed by atoms with Gasteiger partial charge in [0.05, 0.1) is 6.61 Å². The van der Waals surface area contributed by atoms with E-state index in [-0.39, 0.29) is 13.2 Å². The van der Waals surface area contributed by atoms with Crippen LogP contribution in [0.15, 0.2) is 13.5 Å². The van der Waals surface area contributed by atoms with E-state index in [1.165, 1.54) is 0 Å². The summed E-state index contributed by atoms with van der Waals surface area (Å²) in [5.41, 5.74) is 0. The van der Waals surface area contributed by atoms with Gasteiger partial charge in [0.2, 0.25) is 0 Å². The summed E-state index contributed by atoms with van der Waals surface area (Å²) in [6.07, 6.45) is 0. The van der Waals surface area contributed by atoms with Crippen LogP contribution in [0.2, 0.25) is 0 Å². The predicted molar refractivity (Wildman–Crippen MR) is 85.6 cm³/mol. The SMILES string of the molecule is FC1(F)COP2(=NP3(=NP4(=N2)OCC(F)(F)C(F)(F)CO4)NCCO3)OCC1(F)F. The van der Waals surface area contributed by atoms with Gasteiger partial charge in [-0.25, -0.2) is 5.09 Å². The van der Waals surface area contributed by atoms with E-state index in [2.05, 4.69) is 18.6 Å². The van der Waals surface area contributed by atoms with Crippen LogP contribution in [-0.2, 0) is 22.6 Å². The summed E-state index contributed by atoms with van der Waals surface area (Å²) in [5, 5.41) is 2.62. The van der Waals surface area contributed by atoms with Crippen molar-refractivity contribution in [3.63, 3.8) is 0 Å². The lowest BCUT2D eigenvalue weighted by Gasteiger charge is -2.30. The fraction of sp³-hybridized carbons (Fsp3) is 1.00. The molecule has 20 heteroatoms. The number of hydrogen-bond acceptors (Lipinski definition) is 9. The third-order valence-corrected chi connectivity index (χ3v) is 12.7. The van der Waals surface area contributed by atoms with Crippen molar-refractivity contribution in [2.45, 2.75) is 23.7 Å². The first-order valence-corrected chi connectivity index (χ1v) is 12.7. The second-order valence-corrected chi connectivity index (χ2v) is 13.3. The van der Waals surface area contributed by atoms with Crippen molar-refractivity contribution >= 4 is 22.9 Å². The molecule has 4 aliphatic heterocycles. The molecule has 1 atom stereocenters. The van der Waals surface area contributed by atoms with E-state index in [0.29, 0.717) is 0 Å². The van der Waals surface area contributed by atoms with Crippen molar-refractivity contribution in [1.29, 1.82) is 0 Å². The minimum Gasteiger partial charge on any atom is -0.314 e. The monoisotopic (exact) mass is 514 g/mol. The summed E-state index contributed by atoms with van der Waals surface area (Å²) in [6.45, 7) is -7.56. The molecule has 3 saturated heterocycles. The number of rotatable bonds is 0. The molecule has 0 radical (unpaired) electrons. The summed E-state index contributed by atoms with van der Waals surface area (Å²) in [7, 11) is -12.6. The minimum absolute atomic E-state index is 0.0561. The van der Waals surface area contributed by atoms with Crippen LogP contribution in [0.1, 0.15) is 0 Å². The number of alkyl halides is 8. The Labute approximate surface area is 163 Å². The minimum atomic E-state index is -4.68. The van der Waals surface area contributed by atoms with Gasteiger partial charge >= 0.3 is 39.0 Å². The van der Waals surface area contributed by atoms with Crippen molar-refractivity contribution in [2.24, 2.45) is 13.5 Å². The Bertz CT molecular complexity index is 821. The lowest BCUT2D eigenvalue weighted by atomic mass is 10.2. The van der Waals surface area contributed by atoms with E-state index in [1.54, 1.807) is 0 Å². The van der Waals surface area contributed by atoms with E-state index in [1.807, 2.05) is 0 Å². The van der Waals surface area contributed by atoms with Gasteiger partial charge in [-0.15, -0.1) is 4.52 Å². The molecule has 0 aromatic carbocycles. The van der Waals surface area contributed by atoms with E-state index < -0.39 is 73.0 Å². The van der Waals surface area contributed by atoms with Gasteiger partial charge in [-0.2, -0.15) is 44.2 Å². The molecule has 0 amide bonds. The Kier molecular flexibility index (Phi) is 5.34. The normalized spacial score (nSPS) is 37.6. The molecule has 0 saturated carbocycles. The molecular weight excluding hydrogens is 501 g/mol. The maximum atomic E-state index is 13.7. The lowest BCUT2D eigenvalue weighted by molar-refractivity contribution is -0.222. The van der Waals surface area contributed by atoms with Crippen molar-refractivity contribution in [3.8, 4) is 0 Å². The van der Waals surface area contributed by atoms with Crippen LogP contribution < -0.4 is 5.09 Å². The first kappa shape index (κ1) is 23.1. The molecule has 3 spiro atoms. The van der Waals surface area contributed by atoms with Crippen LogP contribution in [0.25, 0.3) is 0 Å². The molecule has 3 fully saturated rings. The first-order valence-electron chi connectivity index (χ1n) is 8.06. The number of nitrogens with zero attached hydrogens (tertiary/aromatic N) is 3. The Balaban J connectivity index is 1.84. The standard InChI is InChI=1S/C10H13F8N4O5P3/c11-7(12)3-24-29(25-4-8(7,13)14)20-28(19-1-2-23-28)21-30(22-29)26-5-9(15,16)10(17,18)6-27-30/h19H,1-6H2. The van der Waals surface area contributed by atoms with Crippen LogP contribution in [0.5, 0.6) is 0 Å². The fourth-order valence-electron chi connectivity index (χ4n) is 2.39. The highest BCUT2D eigenvalue weighted by Gasteiger charge is 2.63. The zero-order chi connectivity index (χ0) is 22.1. The second kappa shape index (κ2) is 6.94. The van der Waals surface area contributed by atoms with Crippen molar-refractivity contribution < 1.29 is 57.7 Å². The topological polar surface area (TPSA) is 95.3 Å². The highest BCUT2D eigenvalue weighted by molar-refractivity contribution is 7.79. The average Bonchev–Trinajstić information content (AvgIpc) is 3.02. The summed E-state index contributed by atoms with van der Waals surface area (Å²) in [5.74, 6) is -18.7. The van der Waals surface area contributed by atoms with Gasteiger partial charge < -0.3 is 4.52 Å². The molecule has 4 rings (SSSR count). The maximum absolute atomic E-state index is 13.7. The number of nitrogens with one attached hydrogen (secondary N) is 1. The summed E-state index contributed by atoms with van der Waals surface area (Å²) >= 11 is 0. The second-order valence-electron chi connectivity index (χ2n) is 6.45. The highest BCUT2D eigenvalue weighted by atomic mass is 31.3. The molecule has 174 valence electrons. The molecule has 9 nitrogen and oxygen atoms in total. The Hall–Kier alpha value is -0.110. The van der Waals surface area contributed by atoms with Gasteiger partial charge in [0.15, 0.2) is 0 Å². The van der Waals surface area contributed by atoms with Crippen LogP contribution in [-0.4, -0.2) is 63.3 Å². The van der Waals surface area contributed by atoms with Gasteiger partial charge in [0.25, 0.3) is 7.58 Å². The van der Waals surface area contributed by atoms with E-state index in [9.17, 15) is 35.1 Å². The summed E-state index contributed by atoms with van der Waals surface area (Å²) < 4.78 is 146. The van der Waals surface area contributed by atoms with Crippen molar-refractivity contribution in [1.82, 2.24) is 5.09 Å². The summed E-state index contributed by atoms with van der Waals surface area (Å²) in [4.78, 5) is 0. The van der Waals surface area contributed by atoms with Gasteiger partial charge in [-0.3, -0.25) is 18.1 Å². The zero-order valence-corrected chi connectivity index (χ0v) is 17.2. The molecule has 0 aromatic rings. The average molecular weight is 514 g/mol. The molecule has 0 bridgehead atoms. The van der Waals surface area contributed by atoms with Gasteiger partial charge in [0, 0.05) is 6.54 Å². The zero-order valence-electron chi connectivity index (χ0n) is 14.5. The Morgan fingerprint density at radius 1 is 0.567 bits per heavy atom. The quantitative estimate of drug-likeness (QED) is 0.358. The van der Waals surface area contributed by atoms with Crippen molar-refractivity contribution in [2.75, 3.05) is 39.6 Å². The smallest absolute Gasteiger partial charge is 0.314 e. The maximum Gasteiger partial charge on any atom is 0.348 e. The molecular formula is C10H13F8N4O5P3. The molecule has 1 N–H and O–H groups in total. The molecule has 0 aromatic heterocycles. The molecule has 4 heterocycles. The van der Waals surface area contributed by atoms with Gasteiger partial charge in [0.1, 0.15) is 26.4 Å². The van der Waals surface area contributed by atoms with E-state index in [4.69, 9.17) is 22.6 Å². The summed E-state index contributed by atoms with van der Waals surface area (Å²) in [6, 6.07) is 0. The Morgan fingerprint density at radius 2 is 0.967 bits per heavy atom. The highest BCUT2D eigenvalue weighted by Crippen LogP contribution is 2.80.